The summed E-state index contributed by atoms with van der Waals surface area (Å²) in [5.41, 5.74) is 1.94. The Morgan fingerprint density at radius 1 is 0.667 bits per heavy atom. The first-order valence-electron chi connectivity index (χ1n) is 10.1. The van der Waals surface area contributed by atoms with Crippen molar-refractivity contribution in [3.63, 3.8) is 0 Å². The Bertz CT molecular complexity index is 999. The number of hydrogen-bond acceptors (Lipinski definition) is 6. The van der Waals surface area contributed by atoms with E-state index >= 15 is 0 Å². The van der Waals surface area contributed by atoms with E-state index in [2.05, 4.69) is 0 Å². The third kappa shape index (κ3) is 4.64. The maximum absolute atomic E-state index is 12.2. The summed E-state index contributed by atoms with van der Waals surface area (Å²) in [7, 11) is 0. The van der Waals surface area contributed by atoms with Crippen molar-refractivity contribution in [2.45, 2.75) is 40.5 Å². The zero-order valence-electron chi connectivity index (χ0n) is 17.7. The van der Waals surface area contributed by atoms with Gasteiger partial charge in [-0.3, -0.25) is 0 Å². The molecule has 0 aliphatic heterocycles. The van der Waals surface area contributed by atoms with Crippen LogP contribution in [0.1, 0.15) is 37.8 Å². The minimum Gasteiger partial charge on any atom is -0.434 e. The van der Waals surface area contributed by atoms with Crippen LogP contribution in [-0.4, -0.2) is 25.5 Å². The molecule has 0 unspecified atom stereocenters. The van der Waals surface area contributed by atoms with E-state index in [9.17, 15) is 9.59 Å². The standard InChI is InChI=1S/C24H26O6/c1-5-11-27-23(25)29-21-17-9-7-16(4)14-20(17)22(30-24(26)28-12-6-2)18-10-8-15(3)13-19(18)21/h7-10,13-14H,5-6,11-12H2,1-4H3. The van der Waals surface area contributed by atoms with E-state index in [1.165, 1.54) is 0 Å². The molecule has 0 N–H and O–H groups in total. The molecule has 0 aliphatic rings. The molecule has 0 spiro atoms. The fourth-order valence-electron chi connectivity index (χ4n) is 3.19. The number of benzene rings is 3. The average Bonchev–Trinajstić information content (AvgIpc) is 2.72. The number of carbonyl (C=O) groups excluding carboxylic acids is 2. The van der Waals surface area contributed by atoms with Crippen LogP contribution in [0.2, 0.25) is 0 Å². The molecule has 0 aromatic heterocycles. The topological polar surface area (TPSA) is 71.1 Å². The highest BCUT2D eigenvalue weighted by Gasteiger charge is 2.21. The van der Waals surface area contributed by atoms with Gasteiger partial charge < -0.3 is 18.9 Å². The lowest BCUT2D eigenvalue weighted by atomic mass is 9.98. The first-order valence-corrected chi connectivity index (χ1v) is 10.1. The van der Waals surface area contributed by atoms with Gasteiger partial charge in [0.25, 0.3) is 0 Å². The summed E-state index contributed by atoms with van der Waals surface area (Å²) in [4.78, 5) is 24.5. The third-order valence-electron chi connectivity index (χ3n) is 4.55. The molecule has 0 fully saturated rings. The van der Waals surface area contributed by atoms with Gasteiger partial charge >= 0.3 is 12.3 Å². The zero-order valence-corrected chi connectivity index (χ0v) is 17.7. The molecule has 30 heavy (non-hydrogen) atoms. The molecule has 158 valence electrons. The van der Waals surface area contributed by atoms with Gasteiger partial charge in [0, 0.05) is 21.5 Å². The zero-order chi connectivity index (χ0) is 21.7. The van der Waals surface area contributed by atoms with Crippen molar-refractivity contribution in [3.8, 4) is 11.5 Å². The predicted molar refractivity (Wildman–Crippen MR) is 115 cm³/mol. The van der Waals surface area contributed by atoms with E-state index in [0.29, 0.717) is 45.9 Å². The number of ether oxygens (including phenoxy) is 4. The van der Waals surface area contributed by atoms with Crippen molar-refractivity contribution in [2.24, 2.45) is 0 Å². The minimum atomic E-state index is -0.766. The second-order valence-corrected chi connectivity index (χ2v) is 7.16. The van der Waals surface area contributed by atoms with Gasteiger partial charge in [0.1, 0.15) is 11.5 Å². The van der Waals surface area contributed by atoms with Gasteiger partial charge in [-0.05, 0) is 38.8 Å². The molecule has 0 heterocycles. The highest BCUT2D eigenvalue weighted by atomic mass is 16.7. The molecule has 3 rings (SSSR count). The molecular formula is C24H26O6. The predicted octanol–water partition coefficient (Wildman–Crippen LogP) is 6.46. The molecule has 0 bridgehead atoms. The Hall–Kier alpha value is -3.28. The van der Waals surface area contributed by atoms with Gasteiger partial charge in [0.05, 0.1) is 13.2 Å². The average molecular weight is 410 g/mol. The Morgan fingerprint density at radius 2 is 1.07 bits per heavy atom. The molecule has 6 heteroatoms. The maximum Gasteiger partial charge on any atom is 0.513 e. The van der Waals surface area contributed by atoms with Crippen molar-refractivity contribution >= 4 is 33.9 Å². The molecule has 0 saturated heterocycles. The van der Waals surface area contributed by atoms with E-state index in [0.717, 1.165) is 11.1 Å². The van der Waals surface area contributed by atoms with E-state index in [1.54, 1.807) is 0 Å². The first-order chi connectivity index (χ1) is 14.4. The normalized spacial score (nSPS) is 10.8. The quantitative estimate of drug-likeness (QED) is 0.264. The second kappa shape index (κ2) is 9.48. The highest BCUT2D eigenvalue weighted by Crippen LogP contribution is 2.43. The smallest absolute Gasteiger partial charge is 0.434 e. The highest BCUT2D eigenvalue weighted by molar-refractivity contribution is 6.12. The van der Waals surface area contributed by atoms with Crippen LogP contribution in [-0.2, 0) is 9.47 Å². The van der Waals surface area contributed by atoms with Gasteiger partial charge in [-0.2, -0.15) is 0 Å². The van der Waals surface area contributed by atoms with Crippen LogP contribution in [0, 0.1) is 13.8 Å². The van der Waals surface area contributed by atoms with Crippen molar-refractivity contribution in [2.75, 3.05) is 13.2 Å². The summed E-state index contributed by atoms with van der Waals surface area (Å²) in [6, 6.07) is 11.3. The number of fused-ring (bicyclic) bond motifs is 2. The van der Waals surface area contributed by atoms with Crippen molar-refractivity contribution < 1.29 is 28.5 Å². The van der Waals surface area contributed by atoms with E-state index in [1.807, 2.05) is 64.1 Å². The van der Waals surface area contributed by atoms with Crippen LogP contribution >= 0.6 is 0 Å². The molecule has 0 atom stereocenters. The molecule has 0 amide bonds. The molecule has 6 nitrogen and oxygen atoms in total. The number of aryl methyl sites for hydroxylation is 2. The van der Waals surface area contributed by atoms with Crippen LogP contribution in [0.5, 0.6) is 11.5 Å². The molecule has 0 aliphatic carbocycles. The maximum atomic E-state index is 12.2. The van der Waals surface area contributed by atoms with Gasteiger partial charge in [-0.1, -0.05) is 49.2 Å². The van der Waals surface area contributed by atoms with E-state index in [4.69, 9.17) is 18.9 Å². The molecule has 3 aromatic rings. The van der Waals surface area contributed by atoms with Crippen LogP contribution in [0.4, 0.5) is 9.59 Å². The van der Waals surface area contributed by atoms with Gasteiger partial charge in [0.2, 0.25) is 0 Å². The van der Waals surface area contributed by atoms with Crippen molar-refractivity contribution in [1.82, 2.24) is 0 Å². The molecular weight excluding hydrogens is 384 g/mol. The number of carbonyl (C=O) groups is 2. The van der Waals surface area contributed by atoms with Crippen LogP contribution in [0.25, 0.3) is 21.5 Å². The van der Waals surface area contributed by atoms with Crippen molar-refractivity contribution in [3.05, 3.63) is 47.5 Å². The fourth-order valence-corrected chi connectivity index (χ4v) is 3.19. The minimum absolute atomic E-state index is 0.275. The summed E-state index contributed by atoms with van der Waals surface area (Å²) in [6.45, 7) is 8.25. The SMILES string of the molecule is CCCOC(=O)Oc1c2ccc(C)cc2c(OC(=O)OCCC)c2ccc(C)cc12. The van der Waals surface area contributed by atoms with Crippen LogP contribution < -0.4 is 9.47 Å². The Balaban J connectivity index is 2.22. The summed E-state index contributed by atoms with van der Waals surface area (Å²) < 4.78 is 21.5. The molecule has 3 aromatic carbocycles. The molecule has 0 saturated carbocycles. The number of hydrogen-bond donors (Lipinski definition) is 0. The fraction of sp³-hybridized carbons (Fsp3) is 0.333. The summed E-state index contributed by atoms with van der Waals surface area (Å²) in [5.74, 6) is 0.748. The lowest BCUT2D eigenvalue weighted by molar-refractivity contribution is 0.0984. The summed E-state index contributed by atoms with van der Waals surface area (Å²) in [5, 5.41) is 2.59. The Kier molecular flexibility index (Phi) is 6.77. The number of rotatable bonds is 6. The Labute approximate surface area is 175 Å². The Morgan fingerprint density at radius 3 is 1.43 bits per heavy atom. The van der Waals surface area contributed by atoms with Crippen molar-refractivity contribution in [1.29, 1.82) is 0 Å². The summed E-state index contributed by atoms with van der Waals surface area (Å²) >= 11 is 0. The third-order valence-corrected chi connectivity index (χ3v) is 4.55. The first kappa shape index (κ1) is 21.4. The van der Waals surface area contributed by atoms with Gasteiger partial charge in [0.15, 0.2) is 0 Å². The summed E-state index contributed by atoms with van der Waals surface area (Å²) in [6.07, 6.45) is -0.140. The lowest BCUT2D eigenvalue weighted by Crippen LogP contribution is -2.13. The second-order valence-electron chi connectivity index (χ2n) is 7.16. The van der Waals surface area contributed by atoms with E-state index < -0.39 is 12.3 Å². The van der Waals surface area contributed by atoms with Crippen LogP contribution in [0.15, 0.2) is 36.4 Å². The lowest BCUT2D eigenvalue weighted by Gasteiger charge is -2.17. The van der Waals surface area contributed by atoms with Gasteiger partial charge in [-0.25, -0.2) is 9.59 Å². The molecule has 0 radical (unpaired) electrons. The van der Waals surface area contributed by atoms with Crippen LogP contribution in [0.3, 0.4) is 0 Å². The van der Waals surface area contributed by atoms with E-state index in [-0.39, 0.29) is 13.2 Å². The van der Waals surface area contributed by atoms with Gasteiger partial charge in [-0.15, -0.1) is 0 Å². The largest absolute Gasteiger partial charge is 0.513 e. The monoisotopic (exact) mass is 410 g/mol.